The number of nitriles is 1. The molecule has 2 N–H and O–H groups in total. The van der Waals surface area contributed by atoms with Crippen molar-refractivity contribution in [3.63, 3.8) is 0 Å². The summed E-state index contributed by atoms with van der Waals surface area (Å²) in [6.45, 7) is 2.94. The smallest absolute Gasteiger partial charge is 0.377 e. The molecule has 4 fully saturated rings. The summed E-state index contributed by atoms with van der Waals surface area (Å²) in [4.78, 5) is 63.4. The number of halogens is 6. The highest BCUT2D eigenvalue weighted by atomic mass is 32.1. The van der Waals surface area contributed by atoms with Gasteiger partial charge in [0.25, 0.3) is 5.91 Å². The van der Waals surface area contributed by atoms with E-state index in [1.165, 1.54) is 18.3 Å². The second-order valence-corrected chi connectivity index (χ2v) is 15.6. The number of piperazine rings is 1. The molecule has 312 valence electrons. The SMILES string of the molecule is CC1(C)C(=O)N(c2cnc(C#N)c(C(F)(F)F)c2)C(=S)N1C1CCC(OCCN2CCN(CC(=O)Nc3cc(C4CCC(=O)NC4=O)ccn3)[C@@H](C(F)(F)F)C2)CC1. The van der Waals surface area contributed by atoms with E-state index in [0.717, 1.165) is 16.0 Å². The van der Waals surface area contributed by atoms with Crippen LogP contribution in [0.3, 0.4) is 0 Å². The number of amides is 4. The molecule has 3 saturated heterocycles. The third kappa shape index (κ3) is 9.24. The zero-order chi connectivity index (χ0) is 42.2. The number of pyridine rings is 2. The Kier molecular flexibility index (Phi) is 12.4. The van der Waals surface area contributed by atoms with Crippen LogP contribution in [0.4, 0.5) is 37.8 Å². The van der Waals surface area contributed by atoms with Crippen molar-refractivity contribution >= 4 is 52.5 Å². The Morgan fingerprint density at radius 1 is 1.07 bits per heavy atom. The molecule has 0 aromatic carbocycles. The average molecular weight is 838 g/mol. The number of alkyl halides is 6. The van der Waals surface area contributed by atoms with E-state index in [0.29, 0.717) is 37.3 Å². The van der Waals surface area contributed by atoms with Gasteiger partial charge in [-0.3, -0.25) is 39.2 Å². The first kappa shape index (κ1) is 42.8. The van der Waals surface area contributed by atoms with Crippen molar-refractivity contribution in [3.05, 3.63) is 47.4 Å². The molecule has 2 aromatic rings. The number of nitrogens with one attached hydrogen (secondary N) is 2. The van der Waals surface area contributed by atoms with Crippen molar-refractivity contribution in [2.75, 3.05) is 49.5 Å². The summed E-state index contributed by atoms with van der Waals surface area (Å²) in [5.41, 5.74) is -2.97. The van der Waals surface area contributed by atoms with Gasteiger partial charge in [-0.05, 0) is 81.9 Å². The van der Waals surface area contributed by atoms with Crippen molar-refractivity contribution in [2.45, 2.75) is 94.4 Å². The number of imide groups is 1. The fraction of sp³-hybridized carbons (Fsp3) is 0.568. The van der Waals surface area contributed by atoms with E-state index in [1.54, 1.807) is 29.7 Å². The second-order valence-electron chi connectivity index (χ2n) is 15.2. The first-order valence-electron chi connectivity index (χ1n) is 18.7. The third-order valence-electron chi connectivity index (χ3n) is 11.0. The van der Waals surface area contributed by atoms with E-state index in [4.69, 9.17) is 22.2 Å². The quantitative estimate of drug-likeness (QED) is 0.200. The normalized spacial score (nSPS) is 24.8. The van der Waals surface area contributed by atoms with Gasteiger partial charge in [-0.2, -0.15) is 31.6 Å². The number of rotatable bonds is 10. The number of carbonyl (C=O) groups excluding carboxylic acids is 4. The van der Waals surface area contributed by atoms with E-state index in [1.807, 2.05) is 0 Å². The van der Waals surface area contributed by atoms with Crippen molar-refractivity contribution in [2.24, 2.45) is 0 Å². The molecule has 2 aromatic heterocycles. The molecule has 58 heavy (non-hydrogen) atoms. The molecule has 4 amide bonds. The van der Waals surface area contributed by atoms with Crippen molar-refractivity contribution in [1.82, 2.24) is 30.0 Å². The van der Waals surface area contributed by atoms with Crippen LogP contribution in [0.1, 0.15) is 75.1 Å². The van der Waals surface area contributed by atoms with Crippen LogP contribution in [0.2, 0.25) is 0 Å². The van der Waals surface area contributed by atoms with Crippen LogP contribution < -0.4 is 15.5 Å². The third-order valence-corrected chi connectivity index (χ3v) is 11.4. The van der Waals surface area contributed by atoms with Crippen LogP contribution in [0, 0.1) is 11.3 Å². The van der Waals surface area contributed by atoms with Gasteiger partial charge in [0.2, 0.25) is 17.7 Å². The molecule has 14 nitrogen and oxygen atoms in total. The number of ether oxygens (including phenoxy) is 1. The zero-order valence-electron chi connectivity index (χ0n) is 31.5. The average Bonchev–Trinajstić information content (AvgIpc) is 3.33. The lowest BCUT2D eigenvalue weighted by molar-refractivity contribution is -0.197. The molecule has 1 saturated carbocycles. The summed E-state index contributed by atoms with van der Waals surface area (Å²) in [5, 5.41) is 13.9. The minimum absolute atomic E-state index is 0.0190. The number of piperidine rings is 1. The van der Waals surface area contributed by atoms with Crippen LogP contribution in [0.5, 0.6) is 0 Å². The fourth-order valence-corrected chi connectivity index (χ4v) is 8.61. The van der Waals surface area contributed by atoms with Gasteiger partial charge < -0.3 is 15.0 Å². The fourth-order valence-electron chi connectivity index (χ4n) is 8.04. The number of nitrogens with zero attached hydrogens (tertiary/aromatic N) is 7. The van der Waals surface area contributed by atoms with Gasteiger partial charge in [0.15, 0.2) is 10.8 Å². The lowest BCUT2D eigenvalue weighted by Crippen LogP contribution is -2.60. The Balaban J connectivity index is 0.982. The second kappa shape index (κ2) is 16.8. The van der Waals surface area contributed by atoms with Crippen LogP contribution in [-0.2, 0) is 30.1 Å². The highest BCUT2D eigenvalue weighted by molar-refractivity contribution is 7.80. The summed E-state index contributed by atoms with van der Waals surface area (Å²) in [5.74, 6) is -2.64. The highest BCUT2D eigenvalue weighted by Crippen LogP contribution is 2.40. The molecule has 6 rings (SSSR count). The minimum atomic E-state index is -4.88. The maximum Gasteiger partial charge on any atom is 0.419 e. The number of anilines is 2. The van der Waals surface area contributed by atoms with Crippen LogP contribution >= 0.6 is 12.2 Å². The predicted octanol–water partition coefficient (Wildman–Crippen LogP) is 4.11. The van der Waals surface area contributed by atoms with E-state index in [9.17, 15) is 45.5 Å². The van der Waals surface area contributed by atoms with Gasteiger partial charge in [-0.15, -0.1) is 0 Å². The standard InChI is InChI=1S/C37H41F6N9O5S/c1-35(2)33(56)51(23-16-26(36(38,39)40)27(17-44)46-18-23)34(58)52(35)22-3-5-24(6-4-22)57-14-13-49-11-12-50(28(19-49)37(41,42)43)20-31(54)47-29-15-21(9-10-45-29)25-7-8-30(53)48-32(25)55/h9-10,15-16,18,22,24-25,28H,3-8,11-14,19-20H2,1-2H3,(H,45,47,54)(H,48,53,55)/t22?,24?,25?,28-/m1/s1. The number of carbonyl (C=O) groups is 4. The highest BCUT2D eigenvalue weighted by Gasteiger charge is 2.53. The van der Waals surface area contributed by atoms with Gasteiger partial charge in [0.1, 0.15) is 23.5 Å². The summed E-state index contributed by atoms with van der Waals surface area (Å²) >= 11 is 5.64. The molecule has 21 heteroatoms. The Morgan fingerprint density at radius 2 is 1.79 bits per heavy atom. The lowest BCUT2D eigenvalue weighted by atomic mass is 9.89. The van der Waals surface area contributed by atoms with Gasteiger partial charge in [-0.25, -0.2) is 9.97 Å². The van der Waals surface area contributed by atoms with Crippen LogP contribution in [-0.4, -0.2) is 123 Å². The maximum absolute atomic E-state index is 14.3. The van der Waals surface area contributed by atoms with E-state index in [2.05, 4.69) is 20.6 Å². The van der Waals surface area contributed by atoms with Gasteiger partial charge in [0, 0.05) is 44.8 Å². The van der Waals surface area contributed by atoms with Crippen molar-refractivity contribution in [3.8, 4) is 6.07 Å². The van der Waals surface area contributed by atoms with Gasteiger partial charge in [-0.1, -0.05) is 0 Å². The molecule has 3 aliphatic heterocycles. The van der Waals surface area contributed by atoms with E-state index >= 15 is 0 Å². The zero-order valence-corrected chi connectivity index (χ0v) is 32.3. The topological polar surface area (TPSA) is 164 Å². The molecule has 0 radical (unpaired) electrons. The van der Waals surface area contributed by atoms with Crippen LogP contribution in [0.25, 0.3) is 0 Å². The minimum Gasteiger partial charge on any atom is -0.377 e. The van der Waals surface area contributed by atoms with Crippen molar-refractivity contribution < 1.29 is 50.3 Å². The molecular weight excluding hydrogens is 797 g/mol. The first-order valence-corrected chi connectivity index (χ1v) is 19.1. The molecule has 0 bridgehead atoms. The Morgan fingerprint density at radius 3 is 2.45 bits per heavy atom. The number of aromatic nitrogens is 2. The Bertz CT molecular complexity index is 1980. The summed E-state index contributed by atoms with van der Waals surface area (Å²) in [7, 11) is 0. The van der Waals surface area contributed by atoms with Crippen LogP contribution in [0.15, 0.2) is 30.6 Å². The Hall–Kier alpha value is -4.78. The molecule has 0 spiro atoms. The number of hydrogen-bond acceptors (Lipinski definition) is 11. The first-order chi connectivity index (χ1) is 27.3. The molecular formula is C37H41F6N9O5S. The molecule has 1 aliphatic carbocycles. The molecule has 1 unspecified atom stereocenters. The predicted molar refractivity (Wildman–Crippen MR) is 198 cm³/mol. The largest absolute Gasteiger partial charge is 0.419 e. The van der Waals surface area contributed by atoms with Gasteiger partial charge >= 0.3 is 12.4 Å². The van der Waals surface area contributed by atoms with Crippen molar-refractivity contribution in [1.29, 1.82) is 5.26 Å². The maximum atomic E-state index is 14.3. The Labute approximate surface area is 334 Å². The monoisotopic (exact) mass is 837 g/mol. The molecule has 2 atom stereocenters. The van der Waals surface area contributed by atoms with E-state index in [-0.39, 0.29) is 80.3 Å². The lowest BCUT2D eigenvalue weighted by Gasteiger charge is -2.42. The van der Waals surface area contributed by atoms with E-state index < -0.39 is 65.4 Å². The summed E-state index contributed by atoms with van der Waals surface area (Å²) in [6, 6.07) is 3.00. The molecule has 5 heterocycles. The summed E-state index contributed by atoms with van der Waals surface area (Å²) in [6.07, 6.45) is -4.75. The van der Waals surface area contributed by atoms with Gasteiger partial charge in [0.05, 0.1) is 42.6 Å². The summed E-state index contributed by atoms with van der Waals surface area (Å²) < 4.78 is 89.9. The number of hydrogen-bond donors (Lipinski definition) is 2. The number of thiocarbonyl (C=S) groups is 1. The molecule has 4 aliphatic rings.